The van der Waals surface area contributed by atoms with Crippen molar-refractivity contribution < 1.29 is 18.4 Å². The first-order valence-corrected chi connectivity index (χ1v) is 7.90. The molecule has 24 heavy (non-hydrogen) atoms. The van der Waals surface area contributed by atoms with Crippen LogP contribution in [0.15, 0.2) is 57.9 Å². The van der Waals surface area contributed by atoms with Crippen molar-refractivity contribution in [1.82, 2.24) is 5.16 Å². The molecule has 124 valence electrons. The van der Waals surface area contributed by atoms with Crippen LogP contribution in [0.4, 0.5) is 10.2 Å². The Morgan fingerprint density at radius 2 is 1.79 bits per heavy atom. The van der Waals surface area contributed by atoms with Crippen molar-refractivity contribution in [2.75, 3.05) is 18.9 Å². The van der Waals surface area contributed by atoms with E-state index < -0.39 is 0 Å². The minimum atomic E-state index is -0.375. The number of halogens is 1. The van der Waals surface area contributed by atoms with Crippen molar-refractivity contribution in [1.29, 1.82) is 0 Å². The van der Waals surface area contributed by atoms with E-state index in [1.165, 1.54) is 13.2 Å². The number of aromatic nitrogens is 1. The van der Waals surface area contributed by atoms with E-state index in [1.54, 1.807) is 25.3 Å². The summed E-state index contributed by atoms with van der Waals surface area (Å²) in [4.78, 5) is 0.349. The van der Waals surface area contributed by atoms with Gasteiger partial charge >= 0.3 is 0 Å². The van der Waals surface area contributed by atoms with Gasteiger partial charge in [-0.15, -0.1) is 0 Å². The summed E-state index contributed by atoms with van der Waals surface area (Å²) >= 11 is 1.07. The van der Waals surface area contributed by atoms with Gasteiger partial charge in [0.05, 0.1) is 19.8 Å². The molecule has 0 spiro atoms. The number of nitrogens with one attached hydrogen (secondary N) is 1. The van der Waals surface area contributed by atoms with Gasteiger partial charge in [0.1, 0.15) is 22.2 Å². The predicted molar refractivity (Wildman–Crippen MR) is 90.9 cm³/mol. The molecule has 1 heterocycles. The van der Waals surface area contributed by atoms with Gasteiger partial charge in [0.25, 0.3) is 0 Å². The summed E-state index contributed by atoms with van der Waals surface area (Å²) in [5.41, 5.74) is 0.786. The Labute approximate surface area is 142 Å². The Morgan fingerprint density at radius 3 is 2.58 bits per heavy atom. The number of benzene rings is 2. The molecule has 0 bridgehead atoms. The first-order valence-electron chi connectivity index (χ1n) is 7.08. The highest BCUT2D eigenvalue weighted by Crippen LogP contribution is 2.34. The molecule has 0 fully saturated rings. The number of para-hydroxylation sites is 1. The van der Waals surface area contributed by atoms with E-state index in [2.05, 4.69) is 9.88 Å². The zero-order valence-corrected chi connectivity index (χ0v) is 13.9. The Hall–Kier alpha value is -2.67. The molecule has 0 unspecified atom stereocenters. The van der Waals surface area contributed by atoms with Crippen molar-refractivity contribution in [3.8, 4) is 22.8 Å². The molecule has 0 aliphatic carbocycles. The topological polar surface area (TPSA) is 56.5 Å². The fourth-order valence-electron chi connectivity index (χ4n) is 2.15. The number of anilines is 1. The molecule has 3 rings (SSSR count). The Bertz CT molecular complexity index is 838. The molecule has 3 aromatic rings. The molecule has 0 radical (unpaired) electrons. The minimum Gasteiger partial charge on any atom is -0.496 e. The van der Waals surface area contributed by atoms with E-state index in [9.17, 15) is 4.39 Å². The van der Waals surface area contributed by atoms with Crippen molar-refractivity contribution >= 4 is 17.8 Å². The van der Waals surface area contributed by atoms with Crippen molar-refractivity contribution in [2.24, 2.45) is 0 Å². The lowest BCUT2D eigenvalue weighted by molar-refractivity contribution is 0.397. The number of rotatable bonds is 6. The maximum Gasteiger partial charge on any atom is 0.180 e. The molecular weight excluding hydrogens is 331 g/mol. The Morgan fingerprint density at radius 1 is 1.04 bits per heavy atom. The van der Waals surface area contributed by atoms with Gasteiger partial charge in [-0.05, 0) is 36.2 Å². The number of nitrogens with zero attached hydrogens (tertiary/aromatic N) is 1. The summed E-state index contributed by atoms with van der Waals surface area (Å²) in [6.45, 7) is 0. The molecule has 1 N–H and O–H groups in total. The average Bonchev–Trinajstić information content (AvgIpc) is 3.09. The molecule has 0 amide bonds. The first-order chi connectivity index (χ1) is 11.7. The molecule has 0 aliphatic rings. The van der Waals surface area contributed by atoms with E-state index in [-0.39, 0.29) is 5.82 Å². The molecule has 7 heteroatoms. The van der Waals surface area contributed by atoms with E-state index in [0.29, 0.717) is 28.0 Å². The van der Waals surface area contributed by atoms with Crippen LogP contribution in [0.5, 0.6) is 11.5 Å². The third kappa shape index (κ3) is 3.30. The number of hydrogen-bond acceptors (Lipinski definition) is 6. The summed E-state index contributed by atoms with van der Waals surface area (Å²) < 4.78 is 32.7. The lowest BCUT2D eigenvalue weighted by Gasteiger charge is -2.08. The van der Waals surface area contributed by atoms with E-state index in [1.807, 2.05) is 24.3 Å². The lowest BCUT2D eigenvalue weighted by atomic mass is 10.1. The summed E-state index contributed by atoms with van der Waals surface area (Å²) in [5, 5.41) is 3.94. The summed E-state index contributed by atoms with van der Waals surface area (Å²) in [5.74, 6) is 1.77. The van der Waals surface area contributed by atoms with Crippen LogP contribution >= 0.6 is 11.9 Å². The van der Waals surface area contributed by atoms with Crippen molar-refractivity contribution in [2.45, 2.75) is 4.90 Å². The van der Waals surface area contributed by atoms with Gasteiger partial charge in [0.15, 0.2) is 11.6 Å². The third-order valence-corrected chi connectivity index (χ3v) is 4.20. The summed E-state index contributed by atoms with van der Waals surface area (Å²) in [6, 6.07) is 13.8. The second-order valence-electron chi connectivity index (χ2n) is 4.75. The maximum absolute atomic E-state index is 13.9. The van der Waals surface area contributed by atoms with Gasteiger partial charge in [-0.2, -0.15) is 0 Å². The van der Waals surface area contributed by atoms with Crippen LogP contribution < -0.4 is 14.2 Å². The number of hydrogen-bond donors (Lipinski definition) is 1. The van der Waals surface area contributed by atoms with E-state index in [0.717, 1.165) is 17.5 Å². The second-order valence-corrected chi connectivity index (χ2v) is 5.57. The van der Waals surface area contributed by atoms with Crippen molar-refractivity contribution in [3.63, 3.8) is 0 Å². The van der Waals surface area contributed by atoms with Crippen LogP contribution in [0.3, 0.4) is 0 Å². The quantitative estimate of drug-likeness (QED) is 0.658. The van der Waals surface area contributed by atoms with Gasteiger partial charge in [-0.3, -0.25) is 0 Å². The highest BCUT2D eigenvalue weighted by atomic mass is 32.2. The molecule has 0 saturated heterocycles. The zero-order valence-electron chi connectivity index (χ0n) is 13.1. The largest absolute Gasteiger partial charge is 0.496 e. The normalized spacial score (nSPS) is 10.5. The Kier molecular flexibility index (Phi) is 4.90. The predicted octanol–water partition coefficient (Wildman–Crippen LogP) is 4.62. The first kappa shape index (κ1) is 16.2. The molecule has 0 saturated carbocycles. The highest BCUT2D eigenvalue weighted by molar-refractivity contribution is 8.00. The summed E-state index contributed by atoms with van der Waals surface area (Å²) in [7, 11) is 3.09. The van der Waals surface area contributed by atoms with Gasteiger partial charge in [0.2, 0.25) is 0 Å². The minimum absolute atomic E-state index is 0.349. The van der Waals surface area contributed by atoms with Gasteiger partial charge in [0, 0.05) is 6.07 Å². The smallest absolute Gasteiger partial charge is 0.180 e. The van der Waals surface area contributed by atoms with Crippen LogP contribution in [0.25, 0.3) is 11.3 Å². The fourth-order valence-corrected chi connectivity index (χ4v) is 2.87. The van der Waals surface area contributed by atoms with Crippen LogP contribution in [0, 0.1) is 5.82 Å². The van der Waals surface area contributed by atoms with Gasteiger partial charge < -0.3 is 18.7 Å². The van der Waals surface area contributed by atoms with Gasteiger partial charge in [-0.1, -0.05) is 23.4 Å². The maximum atomic E-state index is 13.9. The van der Waals surface area contributed by atoms with Crippen LogP contribution in [0.2, 0.25) is 0 Å². The highest BCUT2D eigenvalue weighted by Gasteiger charge is 2.14. The second kappa shape index (κ2) is 7.27. The van der Waals surface area contributed by atoms with Crippen LogP contribution in [0.1, 0.15) is 0 Å². The van der Waals surface area contributed by atoms with E-state index >= 15 is 0 Å². The fraction of sp³-hybridized carbons (Fsp3) is 0.118. The number of methoxy groups -OCH3 is 2. The van der Waals surface area contributed by atoms with Gasteiger partial charge in [-0.25, -0.2) is 4.39 Å². The van der Waals surface area contributed by atoms with Crippen LogP contribution in [-0.4, -0.2) is 19.4 Å². The van der Waals surface area contributed by atoms with Crippen LogP contribution in [-0.2, 0) is 0 Å². The average molecular weight is 346 g/mol. The van der Waals surface area contributed by atoms with E-state index in [4.69, 9.17) is 14.0 Å². The SMILES string of the molecule is COc1ccccc1-c1cc(NSc2c(F)cccc2OC)no1. The van der Waals surface area contributed by atoms with Crippen molar-refractivity contribution in [3.05, 3.63) is 54.3 Å². The standard InChI is InChI=1S/C17H15FN2O3S/c1-21-13-8-4-3-6-11(13)15-10-16(19-23-15)20-24-17-12(18)7-5-9-14(17)22-2/h3-10H,1-2H3,(H,19,20). The molecular formula is C17H15FN2O3S. The summed E-state index contributed by atoms with van der Waals surface area (Å²) in [6.07, 6.45) is 0. The third-order valence-electron chi connectivity index (χ3n) is 3.29. The molecule has 2 aromatic carbocycles. The molecule has 1 aromatic heterocycles. The molecule has 5 nitrogen and oxygen atoms in total. The Balaban J connectivity index is 1.78. The molecule has 0 atom stereocenters. The lowest BCUT2D eigenvalue weighted by Crippen LogP contribution is -1.93. The number of ether oxygens (including phenoxy) is 2. The molecule has 0 aliphatic heterocycles. The monoisotopic (exact) mass is 346 g/mol. The zero-order chi connectivity index (χ0) is 16.9.